The first-order valence-electron chi connectivity index (χ1n) is 5.15. The Morgan fingerprint density at radius 1 is 1.22 bits per heavy atom. The number of carbonyl (C=O) groups excluding carboxylic acids is 1. The Bertz CT molecular complexity index is 582. The van der Waals surface area contributed by atoms with Crippen molar-refractivity contribution in [1.29, 1.82) is 0 Å². The normalized spacial score (nSPS) is 11.6. The van der Waals surface area contributed by atoms with Gasteiger partial charge in [0, 0.05) is 5.56 Å². The monoisotopic (exact) mass is 254 g/mol. The van der Waals surface area contributed by atoms with Gasteiger partial charge in [-0.3, -0.25) is 4.79 Å². The zero-order valence-corrected chi connectivity index (χ0v) is 9.41. The van der Waals surface area contributed by atoms with E-state index in [1.54, 1.807) is 6.92 Å². The van der Waals surface area contributed by atoms with Gasteiger partial charge < -0.3 is 4.42 Å². The molecule has 2 aromatic rings. The summed E-state index contributed by atoms with van der Waals surface area (Å²) in [5.74, 6) is -0.220. The average molecular weight is 254 g/mol. The van der Waals surface area contributed by atoms with Crippen LogP contribution in [0, 0.1) is 6.92 Å². The molecular formula is C13H9F3O2. The second-order valence-electron chi connectivity index (χ2n) is 3.82. The Morgan fingerprint density at radius 2 is 1.89 bits per heavy atom. The van der Waals surface area contributed by atoms with Gasteiger partial charge >= 0.3 is 6.18 Å². The molecule has 5 heteroatoms. The predicted molar refractivity (Wildman–Crippen MR) is 58.3 cm³/mol. The largest absolute Gasteiger partial charge is 0.469 e. The van der Waals surface area contributed by atoms with Gasteiger partial charge in [-0.25, -0.2) is 0 Å². The zero-order chi connectivity index (χ0) is 13.3. The van der Waals surface area contributed by atoms with Gasteiger partial charge in [-0.15, -0.1) is 0 Å². The van der Waals surface area contributed by atoms with Crippen molar-refractivity contribution < 1.29 is 22.4 Å². The molecule has 1 heterocycles. The lowest BCUT2D eigenvalue weighted by molar-refractivity contribution is -0.137. The molecule has 18 heavy (non-hydrogen) atoms. The molecule has 94 valence electrons. The van der Waals surface area contributed by atoms with Crippen LogP contribution >= 0.6 is 0 Å². The Kier molecular flexibility index (Phi) is 2.98. The third-order valence-electron chi connectivity index (χ3n) is 2.47. The van der Waals surface area contributed by atoms with Crippen molar-refractivity contribution in [2.75, 3.05) is 0 Å². The fraction of sp³-hybridized carbons (Fsp3) is 0.154. The molecule has 0 amide bonds. The number of alkyl halides is 3. The van der Waals surface area contributed by atoms with Gasteiger partial charge in [-0.05, 0) is 19.1 Å². The van der Waals surface area contributed by atoms with Crippen LogP contribution in [-0.4, -0.2) is 5.78 Å². The molecule has 0 fully saturated rings. The molecule has 0 saturated carbocycles. The fourth-order valence-electron chi connectivity index (χ4n) is 1.65. The Balaban J connectivity index is 2.49. The second-order valence-corrected chi connectivity index (χ2v) is 3.82. The van der Waals surface area contributed by atoms with E-state index in [9.17, 15) is 18.0 Å². The molecule has 0 saturated heterocycles. The van der Waals surface area contributed by atoms with Crippen LogP contribution in [0.4, 0.5) is 13.2 Å². The molecule has 1 aromatic heterocycles. The van der Waals surface area contributed by atoms with Crippen molar-refractivity contribution in [1.82, 2.24) is 0 Å². The summed E-state index contributed by atoms with van der Waals surface area (Å²) in [6.45, 7) is 1.62. The van der Waals surface area contributed by atoms with Crippen LogP contribution in [0.5, 0.6) is 0 Å². The highest BCUT2D eigenvalue weighted by Gasteiger charge is 2.35. The fourth-order valence-corrected chi connectivity index (χ4v) is 1.65. The molecule has 2 rings (SSSR count). The van der Waals surface area contributed by atoms with Gasteiger partial charge in [0.1, 0.15) is 12.0 Å². The van der Waals surface area contributed by atoms with E-state index >= 15 is 0 Å². The average Bonchev–Trinajstić information content (AvgIpc) is 2.74. The number of carbonyl (C=O) groups is 1. The number of ketones is 1. The molecule has 2 nitrogen and oxygen atoms in total. The molecule has 0 aliphatic rings. The Morgan fingerprint density at radius 3 is 2.44 bits per heavy atom. The Labute approximate surface area is 101 Å². The van der Waals surface area contributed by atoms with E-state index in [2.05, 4.69) is 0 Å². The van der Waals surface area contributed by atoms with E-state index in [0.29, 0.717) is 5.76 Å². The second kappa shape index (κ2) is 4.33. The minimum Gasteiger partial charge on any atom is -0.469 e. The Hall–Kier alpha value is -2.04. The van der Waals surface area contributed by atoms with Gasteiger partial charge in [-0.2, -0.15) is 13.2 Å². The van der Waals surface area contributed by atoms with Crippen molar-refractivity contribution in [2.45, 2.75) is 13.1 Å². The van der Waals surface area contributed by atoms with E-state index in [1.807, 2.05) is 0 Å². The van der Waals surface area contributed by atoms with E-state index in [-0.39, 0.29) is 11.1 Å². The summed E-state index contributed by atoms with van der Waals surface area (Å²) >= 11 is 0. The number of hydrogen-bond acceptors (Lipinski definition) is 2. The van der Waals surface area contributed by atoms with Crippen LogP contribution in [0.25, 0.3) is 0 Å². The lowest BCUT2D eigenvalue weighted by Gasteiger charge is -2.10. The van der Waals surface area contributed by atoms with Crippen LogP contribution in [0.2, 0.25) is 0 Å². The highest BCUT2D eigenvalue weighted by Crippen LogP contribution is 2.32. The first kappa shape index (κ1) is 12.4. The lowest BCUT2D eigenvalue weighted by Crippen LogP contribution is -2.13. The molecular weight excluding hydrogens is 245 g/mol. The molecule has 0 aliphatic carbocycles. The van der Waals surface area contributed by atoms with Gasteiger partial charge in [-0.1, -0.05) is 18.2 Å². The number of aryl methyl sites for hydroxylation is 1. The molecule has 0 bridgehead atoms. The van der Waals surface area contributed by atoms with E-state index in [4.69, 9.17) is 4.42 Å². The molecule has 0 unspecified atom stereocenters. The quantitative estimate of drug-likeness (QED) is 0.762. The van der Waals surface area contributed by atoms with Crippen LogP contribution in [0.3, 0.4) is 0 Å². The highest BCUT2D eigenvalue weighted by atomic mass is 19.4. The minimum atomic E-state index is -4.55. The first-order chi connectivity index (χ1) is 8.39. The molecule has 0 radical (unpaired) electrons. The number of benzene rings is 1. The maximum atomic E-state index is 12.8. The molecule has 0 atom stereocenters. The predicted octanol–water partition coefficient (Wildman–Crippen LogP) is 3.84. The number of hydrogen-bond donors (Lipinski definition) is 0. The third kappa shape index (κ3) is 2.30. The maximum Gasteiger partial charge on any atom is 0.417 e. The van der Waals surface area contributed by atoms with Crippen molar-refractivity contribution in [3.63, 3.8) is 0 Å². The molecule has 0 N–H and O–H groups in total. The number of furan rings is 1. The van der Waals surface area contributed by atoms with Crippen molar-refractivity contribution >= 4 is 5.78 Å². The van der Waals surface area contributed by atoms with Crippen LogP contribution < -0.4 is 0 Å². The third-order valence-corrected chi connectivity index (χ3v) is 2.47. The van der Waals surface area contributed by atoms with E-state index < -0.39 is 17.5 Å². The van der Waals surface area contributed by atoms with Crippen LogP contribution in [0.1, 0.15) is 27.2 Å². The number of rotatable bonds is 2. The summed E-state index contributed by atoms with van der Waals surface area (Å²) in [6.07, 6.45) is -3.39. The van der Waals surface area contributed by atoms with Crippen molar-refractivity contribution in [2.24, 2.45) is 0 Å². The van der Waals surface area contributed by atoms with Crippen molar-refractivity contribution in [3.8, 4) is 0 Å². The molecule has 0 aliphatic heterocycles. The minimum absolute atomic E-state index is 0.115. The summed E-state index contributed by atoms with van der Waals surface area (Å²) in [4.78, 5) is 12.0. The van der Waals surface area contributed by atoms with E-state index in [1.165, 1.54) is 18.2 Å². The summed E-state index contributed by atoms with van der Waals surface area (Å²) in [5.41, 5.74) is -1.19. The molecule has 0 spiro atoms. The van der Waals surface area contributed by atoms with Gasteiger partial charge in [0.05, 0.1) is 11.1 Å². The maximum absolute atomic E-state index is 12.8. The molecule has 1 aromatic carbocycles. The lowest BCUT2D eigenvalue weighted by atomic mass is 9.99. The van der Waals surface area contributed by atoms with Crippen LogP contribution in [-0.2, 0) is 6.18 Å². The van der Waals surface area contributed by atoms with Gasteiger partial charge in [0.15, 0.2) is 5.78 Å². The smallest absolute Gasteiger partial charge is 0.417 e. The van der Waals surface area contributed by atoms with Gasteiger partial charge in [0.25, 0.3) is 0 Å². The van der Waals surface area contributed by atoms with Crippen molar-refractivity contribution in [3.05, 3.63) is 59.0 Å². The summed E-state index contributed by atoms with van der Waals surface area (Å²) in [6, 6.07) is 6.11. The highest BCUT2D eigenvalue weighted by molar-refractivity contribution is 6.09. The zero-order valence-electron chi connectivity index (χ0n) is 9.41. The van der Waals surface area contributed by atoms with E-state index in [0.717, 1.165) is 18.4 Å². The SMILES string of the molecule is Cc1cc(C(=O)c2ccccc2C(F)(F)F)co1. The standard InChI is InChI=1S/C13H9F3O2/c1-8-6-9(7-18-8)12(17)10-4-2-3-5-11(10)13(14,15)16/h2-7H,1H3. The number of halogens is 3. The summed E-state index contributed by atoms with van der Waals surface area (Å²) < 4.78 is 43.2. The first-order valence-corrected chi connectivity index (χ1v) is 5.15. The summed E-state index contributed by atoms with van der Waals surface area (Å²) in [5, 5.41) is 0. The topological polar surface area (TPSA) is 30.2 Å². The van der Waals surface area contributed by atoms with Crippen LogP contribution in [0.15, 0.2) is 41.0 Å². The summed E-state index contributed by atoms with van der Waals surface area (Å²) in [7, 11) is 0. The van der Waals surface area contributed by atoms with Gasteiger partial charge in [0.2, 0.25) is 0 Å².